The quantitative estimate of drug-likeness (QED) is 0.444. The SMILES string of the molecule is COc1cc(C=NNC(=N)N)cc(Br)c1OC. The van der Waals surface area contributed by atoms with Crippen LogP contribution < -0.4 is 20.6 Å². The lowest BCUT2D eigenvalue weighted by atomic mass is 10.2. The molecule has 92 valence electrons. The van der Waals surface area contributed by atoms with Gasteiger partial charge in [0.15, 0.2) is 11.5 Å². The number of nitrogens with two attached hydrogens (primary N) is 1. The van der Waals surface area contributed by atoms with E-state index >= 15 is 0 Å². The van der Waals surface area contributed by atoms with Crippen LogP contribution in [0.4, 0.5) is 0 Å². The van der Waals surface area contributed by atoms with Crippen molar-refractivity contribution in [2.45, 2.75) is 0 Å². The van der Waals surface area contributed by atoms with Gasteiger partial charge in [0.25, 0.3) is 0 Å². The van der Waals surface area contributed by atoms with Gasteiger partial charge < -0.3 is 15.2 Å². The van der Waals surface area contributed by atoms with Crippen molar-refractivity contribution in [3.8, 4) is 11.5 Å². The number of halogens is 1. The summed E-state index contributed by atoms with van der Waals surface area (Å²) in [6.07, 6.45) is 1.52. The van der Waals surface area contributed by atoms with Crippen molar-refractivity contribution in [3.63, 3.8) is 0 Å². The second-order valence-corrected chi connectivity index (χ2v) is 3.88. The Morgan fingerprint density at radius 2 is 2.18 bits per heavy atom. The number of benzene rings is 1. The lowest BCUT2D eigenvalue weighted by Crippen LogP contribution is -2.25. The van der Waals surface area contributed by atoms with Crippen LogP contribution in [0.15, 0.2) is 21.7 Å². The van der Waals surface area contributed by atoms with Crippen LogP contribution in [0.2, 0.25) is 0 Å². The molecule has 0 radical (unpaired) electrons. The Bertz CT molecular complexity index is 448. The zero-order valence-corrected chi connectivity index (χ0v) is 11.0. The second-order valence-electron chi connectivity index (χ2n) is 3.02. The van der Waals surface area contributed by atoms with E-state index in [-0.39, 0.29) is 5.96 Å². The van der Waals surface area contributed by atoms with Gasteiger partial charge in [-0.15, -0.1) is 0 Å². The van der Waals surface area contributed by atoms with Gasteiger partial charge in [-0.3, -0.25) is 5.41 Å². The van der Waals surface area contributed by atoms with E-state index < -0.39 is 0 Å². The summed E-state index contributed by atoms with van der Waals surface area (Å²) < 4.78 is 11.1. The van der Waals surface area contributed by atoms with Crippen LogP contribution in [0.5, 0.6) is 11.5 Å². The zero-order chi connectivity index (χ0) is 12.8. The molecule has 0 bridgehead atoms. The number of nitrogens with one attached hydrogen (secondary N) is 2. The highest BCUT2D eigenvalue weighted by molar-refractivity contribution is 9.10. The molecule has 1 rings (SSSR count). The van der Waals surface area contributed by atoms with Crippen molar-refractivity contribution in [3.05, 3.63) is 22.2 Å². The minimum Gasteiger partial charge on any atom is -0.493 e. The van der Waals surface area contributed by atoms with Crippen LogP contribution in [0, 0.1) is 5.41 Å². The molecule has 17 heavy (non-hydrogen) atoms. The van der Waals surface area contributed by atoms with Crippen LogP contribution in [-0.2, 0) is 0 Å². The Kier molecular flexibility index (Phi) is 4.77. The molecule has 0 unspecified atom stereocenters. The summed E-state index contributed by atoms with van der Waals surface area (Å²) in [6, 6.07) is 3.57. The first-order chi connectivity index (χ1) is 8.08. The van der Waals surface area contributed by atoms with E-state index in [9.17, 15) is 0 Å². The summed E-state index contributed by atoms with van der Waals surface area (Å²) >= 11 is 3.37. The smallest absolute Gasteiger partial charge is 0.206 e. The Hall–Kier alpha value is -1.76. The molecule has 0 aliphatic carbocycles. The first kappa shape index (κ1) is 13.3. The van der Waals surface area contributed by atoms with Crippen LogP contribution in [0.25, 0.3) is 0 Å². The molecule has 7 heteroatoms. The summed E-state index contributed by atoms with van der Waals surface area (Å²) in [7, 11) is 3.12. The molecule has 0 fully saturated rings. The predicted molar refractivity (Wildman–Crippen MR) is 69.9 cm³/mol. The van der Waals surface area contributed by atoms with Crippen molar-refractivity contribution in [2.24, 2.45) is 10.8 Å². The molecule has 0 aliphatic heterocycles. The molecule has 1 aromatic rings. The van der Waals surface area contributed by atoms with Gasteiger partial charge in [-0.05, 0) is 33.6 Å². The maximum Gasteiger partial charge on any atom is 0.206 e. The number of guanidine groups is 1. The predicted octanol–water partition coefficient (Wildman–Crippen LogP) is 1.28. The average molecular weight is 301 g/mol. The fraction of sp³-hybridized carbons (Fsp3) is 0.200. The molecule has 0 aliphatic rings. The van der Waals surface area contributed by atoms with Crippen molar-refractivity contribution < 1.29 is 9.47 Å². The second kappa shape index (κ2) is 6.09. The molecule has 6 nitrogen and oxygen atoms in total. The van der Waals surface area contributed by atoms with Crippen LogP contribution in [0.1, 0.15) is 5.56 Å². The minimum atomic E-state index is -0.221. The first-order valence-electron chi connectivity index (χ1n) is 4.63. The molecule has 0 amide bonds. The number of ether oxygens (including phenoxy) is 2. The molecular formula is C10H13BrN4O2. The third-order valence-electron chi connectivity index (χ3n) is 1.85. The standard InChI is InChI=1S/C10H13BrN4O2/c1-16-8-4-6(5-14-15-10(12)13)3-7(11)9(8)17-2/h3-5H,1-2H3,(H4,12,13,15). The number of hydrogen-bond donors (Lipinski definition) is 3. The first-order valence-corrected chi connectivity index (χ1v) is 5.42. The van der Waals surface area contributed by atoms with Gasteiger partial charge in [-0.25, -0.2) is 5.43 Å². The summed E-state index contributed by atoms with van der Waals surface area (Å²) in [6.45, 7) is 0. The average Bonchev–Trinajstić information content (AvgIpc) is 2.27. The molecule has 4 N–H and O–H groups in total. The van der Waals surface area contributed by atoms with E-state index in [0.717, 1.165) is 10.0 Å². The molecular weight excluding hydrogens is 288 g/mol. The van der Waals surface area contributed by atoms with Crippen molar-refractivity contribution >= 4 is 28.1 Å². The third kappa shape index (κ3) is 3.63. The molecule has 0 aromatic heterocycles. The molecule has 0 atom stereocenters. The third-order valence-corrected chi connectivity index (χ3v) is 2.44. The lowest BCUT2D eigenvalue weighted by molar-refractivity contribution is 0.353. The van der Waals surface area contributed by atoms with Crippen molar-refractivity contribution in [1.29, 1.82) is 5.41 Å². The Morgan fingerprint density at radius 3 is 2.71 bits per heavy atom. The number of hydrazone groups is 1. The largest absolute Gasteiger partial charge is 0.493 e. The van der Waals surface area contributed by atoms with Gasteiger partial charge in [-0.2, -0.15) is 5.10 Å². The number of rotatable bonds is 4. The molecule has 0 heterocycles. The fourth-order valence-electron chi connectivity index (χ4n) is 1.19. The summed E-state index contributed by atoms with van der Waals surface area (Å²) in [5, 5.41) is 10.7. The Balaban J connectivity index is 2.99. The highest BCUT2D eigenvalue weighted by Crippen LogP contribution is 2.35. The zero-order valence-electron chi connectivity index (χ0n) is 9.45. The van der Waals surface area contributed by atoms with Gasteiger partial charge in [0, 0.05) is 0 Å². The van der Waals surface area contributed by atoms with Crippen LogP contribution in [0.3, 0.4) is 0 Å². The highest BCUT2D eigenvalue weighted by atomic mass is 79.9. The van der Waals surface area contributed by atoms with Crippen molar-refractivity contribution in [1.82, 2.24) is 5.43 Å². The van der Waals surface area contributed by atoms with E-state index in [0.29, 0.717) is 11.5 Å². The van der Waals surface area contributed by atoms with E-state index in [1.54, 1.807) is 20.3 Å². The molecule has 0 saturated heterocycles. The Morgan fingerprint density at radius 1 is 1.47 bits per heavy atom. The summed E-state index contributed by atoms with van der Waals surface area (Å²) in [4.78, 5) is 0. The van der Waals surface area contributed by atoms with Gasteiger partial charge in [0.05, 0.1) is 24.9 Å². The molecule has 1 aromatic carbocycles. The maximum absolute atomic E-state index is 6.94. The maximum atomic E-state index is 6.94. The number of nitrogens with zero attached hydrogens (tertiary/aromatic N) is 1. The summed E-state index contributed by atoms with van der Waals surface area (Å²) in [5.41, 5.74) is 8.20. The topological polar surface area (TPSA) is 92.7 Å². The molecule has 0 saturated carbocycles. The highest BCUT2D eigenvalue weighted by Gasteiger charge is 2.09. The van der Waals surface area contributed by atoms with Gasteiger partial charge in [-0.1, -0.05) is 0 Å². The van der Waals surface area contributed by atoms with Gasteiger partial charge >= 0.3 is 0 Å². The van der Waals surface area contributed by atoms with Crippen molar-refractivity contribution in [2.75, 3.05) is 14.2 Å². The van der Waals surface area contributed by atoms with E-state index in [1.807, 2.05) is 6.07 Å². The Labute approximate surface area is 107 Å². The van der Waals surface area contributed by atoms with Gasteiger partial charge in [0.2, 0.25) is 5.96 Å². The normalized spacial score (nSPS) is 10.3. The monoisotopic (exact) mass is 300 g/mol. The minimum absolute atomic E-state index is 0.221. The summed E-state index contributed by atoms with van der Waals surface area (Å²) in [5.74, 6) is 0.983. The fourth-order valence-corrected chi connectivity index (χ4v) is 1.81. The van der Waals surface area contributed by atoms with E-state index in [1.165, 1.54) is 6.21 Å². The number of hydrogen-bond acceptors (Lipinski definition) is 4. The van der Waals surface area contributed by atoms with Gasteiger partial charge in [0.1, 0.15) is 0 Å². The molecule has 0 spiro atoms. The lowest BCUT2D eigenvalue weighted by Gasteiger charge is -2.10. The van der Waals surface area contributed by atoms with Crippen LogP contribution >= 0.6 is 15.9 Å². The van der Waals surface area contributed by atoms with Crippen LogP contribution in [-0.4, -0.2) is 26.4 Å². The van der Waals surface area contributed by atoms with E-state index in [2.05, 4.69) is 26.5 Å². The number of methoxy groups -OCH3 is 2. The van der Waals surface area contributed by atoms with E-state index in [4.69, 9.17) is 20.6 Å².